The van der Waals surface area contributed by atoms with Gasteiger partial charge >= 0.3 is 0 Å². The summed E-state index contributed by atoms with van der Waals surface area (Å²) < 4.78 is 11.5. The minimum absolute atomic E-state index is 0.161. The van der Waals surface area contributed by atoms with E-state index >= 15 is 0 Å². The normalized spacial score (nSPS) is 16.7. The van der Waals surface area contributed by atoms with Gasteiger partial charge in [0, 0.05) is 10.6 Å². The second-order valence-electron chi connectivity index (χ2n) is 5.00. The molecule has 0 spiro atoms. The number of rotatable bonds is 2. The number of nitrogens with one attached hydrogen (secondary N) is 1. The highest BCUT2D eigenvalue weighted by Gasteiger charge is 2.26. The van der Waals surface area contributed by atoms with Crippen LogP contribution < -0.4 is 14.8 Å². The van der Waals surface area contributed by atoms with Crippen molar-refractivity contribution in [2.75, 3.05) is 19.0 Å². The zero-order chi connectivity index (χ0) is 15.0. The molecule has 1 unspecified atom stereocenters. The number of halogens is 2. The molecule has 0 bridgehead atoms. The molecular weight excluding hydrogens is 309 g/mol. The fourth-order valence-corrected chi connectivity index (χ4v) is 3.01. The van der Waals surface area contributed by atoms with E-state index in [4.69, 9.17) is 32.7 Å². The predicted molar refractivity (Wildman–Crippen MR) is 86.1 cm³/mol. The van der Waals surface area contributed by atoms with Crippen molar-refractivity contribution in [1.29, 1.82) is 0 Å². The maximum atomic E-state index is 6.22. The SMILES string of the molecule is COc1ccc(C)cc1C1CNc2cc(Cl)cc(Cl)c2O1. The van der Waals surface area contributed by atoms with E-state index in [0.717, 1.165) is 22.6 Å². The maximum absolute atomic E-state index is 6.22. The summed E-state index contributed by atoms with van der Waals surface area (Å²) >= 11 is 12.2. The van der Waals surface area contributed by atoms with Gasteiger partial charge in [0.2, 0.25) is 0 Å². The van der Waals surface area contributed by atoms with Crippen LogP contribution in [-0.4, -0.2) is 13.7 Å². The highest BCUT2D eigenvalue weighted by molar-refractivity contribution is 6.36. The third kappa shape index (κ3) is 2.76. The summed E-state index contributed by atoms with van der Waals surface area (Å²) in [4.78, 5) is 0. The zero-order valence-electron chi connectivity index (χ0n) is 11.7. The number of hydrogen-bond donors (Lipinski definition) is 1. The van der Waals surface area contributed by atoms with E-state index in [1.807, 2.05) is 25.1 Å². The smallest absolute Gasteiger partial charge is 0.162 e. The maximum Gasteiger partial charge on any atom is 0.162 e. The lowest BCUT2D eigenvalue weighted by Crippen LogP contribution is -2.24. The van der Waals surface area contributed by atoms with E-state index in [1.165, 1.54) is 0 Å². The van der Waals surface area contributed by atoms with Crippen molar-refractivity contribution >= 4 is 28.9 Å². The van der Waals surface area contributed by atoms with Crippen molar-refractivity contribution in [2.45, 2.75) is 13.0 Å². The largest absolute Gasteiger partial charge is 0.496 e. The summed E-state index contributed by atoms with van der Waals surface area (Å²) in [6.45, 7) is 2.67. The Balaban J connectivity index is 1.98. The zero-order valence-corrected chi connectivity index (χ0v) is 13.3. The van der Waals surface area contributed by atoms with E-state index in [9.17, 15) is 0 Å². The van der Waals surface area contributed by atoms with Gasteiger partial charge in [0.05, 0.1) is 24.4 Å². The third-order valence-corrected chi connectivity index (χ3v) is 3.98. The van der Waals surface area contributed by atoms with Gasteiger partial charge in [-0.1, -0.05) is 34.8 Å². The Morgan fingerprint density at radius 3 is 2.81 bits per heavy atom. The van der Waals surface area contributed by atoms with Crippen LogP contribution >= 0.6 is 23.2 Å². The Kier molecular flexibility index (Phi) is 3.87. The van der Waals surface area contributed by atoms with E-state index in [-0.39, 0.29) is 6.10 Å². The van der Waals surface area contributed by atoms with Gasteiger partial charge in [0.15, 0.2) is 5.75 Å². The van der Waals surface area contributed by atoms with Gasteiger partial charge in [-0.05, 0) is 31.2 Å². The van der Waals surface area contributed by atoms with Crippen molar-refractivity contribution < 1.29 is 9.47 Å². The molecule has 0 saturated heterocycles. The van der Waals surface area contributed by atoms with Crippen LogP contribution in [0.1, 0.15) is 17.2 Å². The molecule has 0 saturated carbocycles. The fourth-order valence-electron chi connectivity index (χ4n) is 2.48. The van der Waals surface area contributed by atoms with Gasteiger partial charge in [-0.3, -0.25) is 0 Å². The van der Waals surface area contributed by atoms with Gasteiger partial charge in [0.1, 0.15) is 11.9 Å². The first-order valence-electron chi connectivity index (χ1n) is 6.62. The molecule has 1 N–H and O–H groups in total. The highest BCUT2D eigenvalue weighted by Crippen LogP contribution is 2.43. The van der Waals surface area contributed by atoms with Crippen LogP contribution in [0.2, 0.25) is 10.0 Å². The van der Waals surface area contributed by atoms with Crippen LogP contribution in [0.3, 0.4) is 0 Å². The van der Waals surface area contributed by atoms with Gasteiger partial charge in [-0.15, -0.1) is 0 Å². The highest BCUT2D eigenvalue weighted by atomic mass is 35.5. The minimum atomic E-state index is -0.161. The summed E-state index contributed by atoms with van der Waals surface area (Å²) in [5.74, 6) is 1.43. The first-order valence-corrected chi connectivity index (χ1v) is 7.38. The quantitative estimate of drug-likeness (QED) is 0.856. The summed E-state index contributed by atoms with van der Waals surface area (Å²) in [6.07, 6.45) is -0.161. The molecule has 1 aliphatic rings. The van der Waals surface area contributed by atoms with Crippen molar-refractivity contribution in [3.05, 3.63) is 51.5 Å². The molecule has 1 aliphatic heterocycles. The average Bonchev–Trinajstić information content (AvgIpc) is 2.47. The number of anilines is 1. The molecule has 0 aliphatic carbocycles. The summed E-state index contributed by atoms with van der Waals surface area (Å²) in [6, 6.07) is 9.53. The van der Waals surface area contributed by atoms with Crippen molar-refractivity contribution in [3.8, 4) is 11.5 Å². The predicted octanol–water partition coefficient (Wildman–Crippen LogP) is 4.86. The van der Waals surface area contributed by atoms with Crippen molar-refractivity contribution in [1.82, 2.24) is 0 Å². The fraction of sp³-hybridized carbons (Fsp3) is 0.250. The molecule has 3 rings (SSSR count). The van der Waals surface area contributed by atoms with Crippen molar-refractivity contribution in [2.24, 2.45) is 0 Å². The van der Waals surface area contributed by atoms with Crippen LogP contribution in [-0.2, 0) is 0 Å². The molecule has 1 atom stereocenters. The topological polar surface area (TPSA) is 30.5 Å². The molecule has 0 fully saturated rings. The Hall–Kier alpha value is -1.58. The van der Waals surface area contributed by atoms with E-state index in [1.54, 1.807) is 13.2 Å². The molecule has 3 nitrogen and oxygen atoms in total. The lowest BCUT2D eigenvalue weighted by Gasteiger charge is -2.29. The average molecular weight is 324 g/mol. The van der Waals surface area contributed by atoms with Gasteiger partial charge in [-0.2, -0.15) is 0 Å². The summed E-state index contributed by atoms with van der Waals surface area (Å²) in [5.41, 5.74) is 2.97. The van der Waals surface area contributed by atoms with Gasteiger partial charge in [0.25, 0.3) is 0 Å². The van der Waals surface area contributed by atoms with Gasteiger partial charge < -0.3 is 14.8 Å². The van der Waals surface area contributed by atoms with Crippen LogP contribution in [0.25, 0.3) is 0 Å². The second kappa shape index (κ2) is 5.66. The molecule has 0 amide bonds. The number of benzene rings is 2. The standard InChI is InChI=1S/C16H15Cl2NO2/c1-9-3-4-14(20-2)11(5-9)15-8-19-13-7-10(17)6-12(18)16(13)21-15/h3-7,15,19H,8H2,1-2H3. The second-order valence-corrected chi connectivity index (χ2v) is 5.84. The van der Waals surface area contributed by atoms with Crippen LogP contribution in [0.4, 0.5) is 5.69 Å². The number of hydrogen-bond acceptors (Lipinski definition) is 3. The molecule has 21 heavy (non-hydrogen) atoms. The molecule has 0 radical (unpaired) electrons. The third-order valence-electron chi connectivity index (χ3n) is 3.48. The lowest BCUT2D eigenvalue weighted by atomic mass is 10.0. The Labute approximate surface area is 133 Å². The van der Waals surface area contributed by atoms with E-state index in [0.29, 0.717) is 22.3 Å². The monoisotopic (exact) mass is 323 g/mol. The Bertz CT molecular complexity index is 688. The molecule has 1 heterocycles. The van der Waals surface area contributed by atoms with E-state index < -0.39 is 0 Å². The first-order chi connectivity index (χ1) is 10.1. The number of methoxy groups -OCH3 is 1. The number of ether oxygens (including phenoxy) is 2. The van der Waals surface area contributed by atoms with Crippen LogP contribution in [0.15, 0.2) is 30.3 Å². The van der Waals surface area contributed by atoms with Gasteiger partial charge in [-0.25, -0.2) is 0 Å². The molecule has 5 heteroatoms. The van der Waals surface area contributed by atoms with Crippen molar-refractivity contribution in [3.63, 3.8) is 0 Å². The molecule has 2 aromatic carbocycles. The molecule has 110 valence electrons. The Morgan fingerprint density at radius 1 is 1.24 bits per heavy atom. The summed E-state index contributed by atoms with van der Waals surface area (Å²) in [7, 11) is 1.66. The number of fused-ring (bicyclic) bond motifs is 1. The first kappa shape index (κ1) is 14.4. The van der Waals surface area contributed by atoms with E-state index in [2.05, 4.69) is 11.4 Å². The molecule has 0 aromatic heterocycles. The Morgan fingerprint density at radius 2 is 2.05 bits per heavy atom. The lowest BCUT2D eigenvalue weighted by molar-refractivity contribution is 0.205. The summed E-state index contributed by atoms with van der Waals surface area (Å²) in [5, 5.41) is 4.40. The molecule has 2 aromatic rings. The number of aryl methyl sites for hydroxylation is 1. The minimum Gasteiger partial charge on any atom is -0.496 e. The van der Waals surface area contributed by atoms with Crippen LogP contribution in [0.5, 0.6) is 11.5 Å². The molecular formula is C16H15Cl2NO2. The van der Waals surface area contributed by atoms with Crippen LogP contribution in [0, 0.1) is 6.92 Å².